The molecule has 2 N–H and O–H groups in total. The van der Waals surface area contributed by atoms with Gasteiger partial charge >= 0.3 is 5.97 Å². The number of benzene rings is 2. The summed E-state index contributed by atoms with van der Waals surface area (Å²) in [4.78, 5) is 26.5. The lowest BCUT2D eigenvalue weighted by atomic mass is 9.99. The van der Waals surface area contributed by atoms with E-state index in [-0.39, 0.29) is 35.5 Å². The highest BCUT2D eigenvalue weighted by atomic mass is 32.2. The van der Waals surface area contributed by atoms with E-state index >= 15 is 0 Å². The van der Waals surface area contributed by atoms with E-state index in [1.54, 1.807) is 70.2 Å². The van der Waals surface area contributed by atoms with Crippen molar-refractivity contribution in [3.05, 3.63) is 65.4 Å². The van der Waals surface area contributed by atoms with Crippen LogP contribution >= 0.6 is 0 Å². The molecule has 3 rings (SSSR count). The zero-order valence-electron chi connectivity index (χ0n) is 22.4. The zero-order valence-corrected chi connectivity index (χ0v) is 23.2. The maximum atomic E-state index is 13.2. The standard InChI is InChI=1S/C28H35N3O6S/c1-6-7-12-25(32)31(26(18(2)3)28(33)34)17-21-13-15-22(16-14-21)23-10-8-9-11-24(23)38(35,36)30-27-19(4)20(5)37-29-27/h8-11,13-16,18,26H,6-7,12,17H2,1-5H3,(H,29,30)(H,33,34)/t26-/m0/s1. The summed E-state index contributed by atoms with van der Waals surface area (Å²) in [6, 6.07) is 12.8. The van der Waals surface area contributed by atoms with Crippen LogP contribution in [-0.2, 0) is 26.2 Å². The van der Waals surface area contributed by atoms with E-state index < -0.39 is 22.0 Å². The van der Waals surface area contributed by atoms with Crippen molar-refractivity contribution >= 4 is 27.7 Å². The summed E-state index contributed by atoms with van der Waals surface area (Å²) in [6.07, 6.45) is 1.81. The molecule has 0 radical (unpaired) electrons. The molecule has 1 heterocycles. The molecule has 204 valence electrons. The molecule has 0 spiro atoms. The number of aromatic nitrogens is 1. The number of rotatable bonds is 12. The number of carbonyl (C=O) groups is 2. The SMILES string of the molecule is CCCCC(=O)N(Cc1ccc(-c2ccccc2S(=O)(=O)Nc2noc(C)c2C)cc1)[C@H](C(=O)O)C(C)C. The first-order valence-electron chi connectivity index (χ1n) is 12.6. The van der Waals surface area contributed by atoms with Gasteiger partial charge in [0, 0.05) is 24.1 Å². The number of nitrogens with one attached hydrogen (secondary N) is 1. The molecule has 0 fully saturated rings. The third-order valence-electron chi connectivity index (χ3n) is 6.47. The van der Waals surface area contributed by atoms with E-state index in [4.69, 9.17) is 4.52 Å². The number of amides is 1. The first-order valence-corrected chi connectivity index (χ1v) is 14.1. The minimum Gasteiger partial charge on any atom is -0.480 e. The average Bonchev–Trinajstić information content (AvgIpc) is 3.18. The monoisotopic (exact) mass is 541 g/mol. The maximum absolute atomic E-state index is 13.2. The van der Waals surface area contributed by atoms with Gasteiger partial charge in [0.15, 0.2) is 5.82 Å². The number of carboxylic acid groups (broad SMARTS) is 1. The van der Waals surface area contributed by atoms with Crippen molar-refractivity contribution < 1.29 is 27.6 Å². The number of aliphatic carboxylic acids is 1. The van der Waals surface area contributed by atoms with Crippen LogP contribution in [0.15, 0.2) is 57.9 Å². The third kappa shape index (κ3) is 6.61. The number of nitrogens with zero attached hydrogens (tertiary/aromatic N) is 2. The van der Waals surface area contributed by atoms with Crippen LogP contribution in [0, 0.1) is 19.8 Å². The van der Waals surface area contributed by atoms with Gasteiger partial charge in [0.05, 0.1) is 4.90 Å². The molecule has 0 saturated carbocycles. The first-order chi connectivity index (χ1) is 18.0. The third-order valence-corrected chi connectivity index (χ3v) is 7.86. The van der Waals surface area contributed by atoms with Gasteiger partial charge in [-0.2, -0.15) is 0 Å². The van der Waals surface area contributed by atoms with E-state index in [2.05, 4.69) is 9.88 Å². The van der Waals surface area contributed by atoms with Gasteiger partial charge < -0.3 is 14.5 Å². The lowest BCUT2D eigenvalue weighted by molar-refractivity contribution is -0.153. The predicted octanol–water partition coefficient (Wildman–Crippen LogP) is 5.39. The molecule has 0 aliphatic heterocycles. The molecule has 1 amide bonds. The molecular weight excluding hydrogens is 506 g/mol. The molecule has 1 atom stereocenters. The summed E-state index contributed by atoms with van der Waals surface area (Å²) in [6.45, 7) is 9.12. The Morgan fingerprint density at radius 2 is 1.74 bits per heavy atom. The van der Waals surface area contributed by atoms with Crippen LogP contribution in [0.2, 0.25) is 0 Å². The van der Waals surface area contributed by atoms with Crippen LogP contribution in [0.5, 0.6) is 0 Å². The highest BCUT2D eigenvalue weighted by molar-refractivity contribution is 7.92. The number of aryl methyl sites for hydroxylation is 1. The molecule has 38 heavy (non-hydrogen) atoms. The van der Waals surface area contributed by atoms with E-state index in [1.807, 2.05) is 6.92 Å². The van der Waals surface area contributed by atoms with E-state index in [0.29, 0.717) is 28.9 Å². The zero-order chi connectivity index (χ0) is 28.0. The molecule has 2 aromatic carbocycles. The van der Waals surface area contributed by atoms with Crippen molar-refractivity contribution in [3.63, 3.8) is 0 Å². The van der Waals surface area contributed by atoms with Gasteiger partial charge in [-0.15, -0.1) is 0 Å². The molecule has 1 aromatic heterocycles. The van der Waals surface area contributed by atoms with Crippen LogP contribution in [0.25, 0.3) is 11.1 Å². The summed E-state index contributed by atoms with van der Waals surface area (Å²) in [5, 5.41) is 13.6. The Bertz CT molecular complexity index is 1380. The van der Waals surface area contributed by atoms with E-state index in [1.165, 1.54) is 11.0 Å². The highest BCUT2D eigenvalue weighted by Crippen LogP contribution is 2.30. The van der Waals surface area contributed by atoms with E-state index in [9.17, 15) is 23.1 Å². The second-order valence-electron chi connectivity index (χ2n) is 9.66. The second-order valence-corrected chi connectivity index (χ2v) is 11.3. The normalized spacial score (nSPS) is 12.4. The molecule has 10 heteroatoms. The predicted molar refractivity (Wildman–Crippen MR) is 145 cm³/mol. The average molecular weight is 542 g/mol. The van der Waals surface area contributed by atoms with Crippen molar-refractivity contribution in [2.24, 2.45) is 5.92 Å². The number of hydrogen-bond donors (Lipinski definition) is 2. The quantitative estimate of drug-likeness (QED) is 0.314. The largest absolute Gasteiger partial charge is 0.480 e. The summed E-state index contributed by atoms with van der Waals surface area (Å²) in [7, 11) is -3.97. The first kappa shape index (κ1) is 28.9. The highest BCUT2D eigenvalue weighted by Gasteiger charge is 2.32. The minimum atomic E-state index is -3.97. The van der Waals surface area contributed by atoms with Crippen LogP contribution < -0.4 is 4.72 Å². The van der Waals surface area contributed by atoms with Gasteiger partial charge in [-0.1, -0.05) is 74.8 Å². The fraction of sp³-hybridized carbons (Fsp3) is 0.393. The molecule has 9 nitrogen and oxygen atoms in total. The molecule has 0 saturated heterocycles. The Hall–Kier alpha value is -3.66. The molecule has 0 aliphatic rings. The minimum absolute atomic E-state index is 0.0786. The fourth-order valence-electron chi connectivity index (χ4n) is 4.21. The van der Waals surface area contributed by atoms with Gasteiger partial charge in [0.25, 0.3) is 10.0 Å². The van der Waals surface area contributed by atoms with Crippen molar-refractivity contribution in [2.45, 2.75) is 71.4 Å². The van der Waals surface area contributed by atoms with E-state index in [0.717, 1.165) is 12.0 Å². The Labute approximate surface area is 223 Å². The smallest absolute Gasteiger partial charge is 0.326 e. The molecule has 0 bridgehead atoms. The summed E-state index contributed by atoms with van der Waals surface area (Å²) in [5.41, 5.74) is 2.50. The summed E-state index contributed by atoms with van der Waals surface area (Å²) in [5.74, 6) is -0.835. The Morgan fingerprint density at radius 3 is 2.29 bits per heavy atom. The maximum Gasteiger partial charge on any atom is 0.326 e. The van der Waals surface area contributed by atoms with Crippen LogP contribution in [-0.4, -0.2) is 41.5 Å². The fourth-order valence-corrected chi connectivity index (χ4v) is 5.50. The second kappa shape index (κ2) is 12.3. The van der Waals surface area contributed by atoms with Gasteiger partial charge in [-0.05, 0) is 43.4 Å². The number of sulfonamides is 1. The Kier molecular flexibility index (Phi) is 9.32. The van der Waals surface area contributed by atoms with Gasteiger partial charge in [-0.25, -0.2) is 13.2 Å². The Morgan fingerprint density at radius 1 is 1.08 bits per heavy atom. The lowest BCUT2D eigenvalue weighted by Crippen LogP contribution is -2.47. The summed E-state index contributed by atoms with van der Waals surface area (Å²) >= 11 is 0. The van der Waals surface area contributed by atoms with Crippen molar-refractivity contribution in [3.8, 4) is 11.1 Å². The van der Waals surface area contributed by atoms with Gasteiger partial charge in [0.1, 0.15) is 11.8 Å². The van der Waals surface area contributed by atoms with Crippen LogP contribution in [0.1, 0.15) is 56.9 Å². The molecular formula is C28H35N3O6S. The van der Waals surface area contributed by atoms with Gasteiger partial charge in [-0.3, -0.25) is 9.52 Å². The number of anilines is 1. The molecule has 0 aliphatic carbocycles. The van der Waals surface area contributed by atoms with Crippen molar-refractivity contribution in [1.82, 2.24) is 10.1 Å². The van der Waals surface area contributed by atoms with Crippen molar-refractivity contribution in [2.75, 3.05) is 4.72 Å². The molecule has 3 aromatic rings. The topological polar surface area (TPSA) is 130 Å². The Balaban J connectivity index is 1.91. The number of unbranched alkanes of at least 4 members (excludes halogenated alkanes) is 1. The van der Waals surface area contributed by atoms with Crippen molar-refractivity contribution in [1.29, 1.82) is 0 Å². The number of hydrogen-bond acceptors (Lipinski definition) is 6. The number of carboxylic acids is 1. The summed E-state index contributed by atoms with van der Waals surface area (Å²) < 4.78 is 34.1. The molecule has 0 unspecified atom stereocenters. The van der Waals surface area contributed by atoms with Gasteiger partial charge in [0.2, 0.25) is 5.91 Å². The number of carbonyl (C=O) groups excluding carboxylic acids is 1. The van der Waals surface area contributed by atoms with Crippen LogP contribution in [0.4, 0.5) is 5.82 Å². The lowest BCUT2D eigenvalue weighted by Gasteiger charge is -2.32. The van der Waals surface area contributed by atoms with Crippen LogP contribution in [0.3, 0.4) is 0 Å².